The number of carbonyl (C=O) groups is 2. The lowest BCUT2D eigenvalue weighted by molar-refractivity contribution is -0.149. The second-order valence-electron chi connectivity index (χ2n) is 8.41. The SMILES string of the molecule is CC(C)(C)c1ccc(CCC(=O)OCC(=O)NC2(C#N)CCCCC2)cc1. The van der Waals surface area contributed by atoms with Crippen LogP contribution in [0.1, 0.15) is 70.4 Å². The first kappa shape index (κ1) is 21.0. The largest absolute Gasteiger partial charge is 0.456 e. The number of ether oxygens (including phenoxy) is 1. The number of benzene rings is 1. The second kappa shape index (κ2) is 9.03. The van der Waals surface area contributed by atoms with Gasteiger partial charge in [-0.2, -0.15) is 5.26 Å². The van der Waals surface area contributed by atoms with Crippen molar-refractivity contribution < 1.29 is 14.3 Å². The van der Waals surface area contributed by atoms with Gasteiger partial charge >= 0.3 is 5.97 Å². The van der Waals surface area contributed by atoms with Crippen molar-refractivity contribution in [2.24, 2.45) is 0 Å². The Kier molecular flexibility index (Phi) is 7.01. The Labute approximate surface area is 162 Å². The summed E-state index contributed by atoms with van der Waals surface area (Å²) < 4.78 is 5.07. The molecule has 0 saturated heterocycles. The number of hydrogen-bond donors (Lipinski definition) is 1. The normalized spacial score (nSPS) is 16.2. The van der Waals surface area contributed by atoms with Crippen molar-refractivity contribution in [1.82, 2.24) is 5.32 Å². The molecule has 0 spiro atoms. The molecule has 1 fully saturated rings. The molecule has 1 aromatic carbocycles. The lowest BCUT2D eigenvalue weighted by Gasteiger charge is -2.31. The van der Waals surface area contributed by atoms with E-state index in [1.54, 1.807) is 0 Å². The van der Waals surface area contributed by atoms with Crippen molar-refractivity contribution in [1.29, 1.82) is 5.26 Å². The van der Waals surface area contributed by atoms with Crippen LogP contribution in [0.15, 0.2) is 24.3 Å². The highest BCUT2D eigenvalue weighted by atomic mass is 16.5. The van der Waals surface area contributed by atoms with Gasteiger partial charge in [0.05, 0.1) is 6.07 Å². The van der Waals surface area contributed by atoms with Crippen LogP contribution in [0.4, 0.5) is 0 Å². The first-order chi connectivity index (χ1) is 12.7. The number of carbonyl (C=O) groups excluding carboxylic acids is 2. The van der Waals surface area contributed by atoms with Crippen LogP contribution in [0.5, 0.6) is 0 Å². The first-order valence-corrected chi connectivity index (χ1v) is 9.71. The highest BCUT2D eigenvalue weighted by Gasteiger charge is 2.33. The third kappa shape index (κ3) is 6.39. The molecule has 1 aliphatic carbocycles. The fourth-order valence-corrected chi connectivity index (χ4v) is 3.36. The molecular formula is C22H30N2O3. The maximum atomic E-state index is 12.0. The summed E-state index contributed by atoms with van der Waals surface area (Å²) in [6.45, 7) is 6.15. The first-order valence-electron chi connectivity index (χ1n) is 9.71. The number of esters is 1. The van der Waals surface area contributed by atoms with E-state index in [1.165, 1.54) is 5.56 Å². The van der Waals surface area contributed by atoms with E-state index < -0.39 is 17.4 Å². The summed E-state index contributed by atoms with van der Waals surface area (Å²) in [5.74, 6) is -0.805. The van der Waals surface area contributed by atoms with Gasteiger partial charge < -0.3 is 10.1 Å². The lowest BCUT2D eigenvalue weighted by atomic mass is 9.83. The average Bonchev–Trinajstić information content (AvgIpc) is 2.65. The van der Waals surface area contributed by atoms with E-state index in [0.717, 1.165) is 24.8 Å². The highest BCUT2D eigenvalue weighted by Crippen LogP contribution is 2.27. The van der Waals surface area contributed by atoms with Gasteiger partial charge in [-0.15, -0.1) is 0 Å². The van der Waals surface area contributed by atoms with Gasteiger partial charge in [-0.05, 0) is 35.8 Å². The predicted octanol–water partition coefficient (Wildman–Crippen LogP) is 3.80. The fraction of sp³-hybridized carbons (Fsp3) is 0.591. The Morgan fingerprint density at radius 2 is 1.78 bits per heavy atom. The van der Waals surface area contributed by atoms with Gasteiger partial charge in [-0.3, -0.25) is 9.59 Å². The molecule has 5 heteroatoms. The van der Waals surface area contributed by atoms with Crippen LogP contribution >= 0.6 is 0 Å². The van der Waals surface area contributed by atoms with Crippen molar-refractivity contribution in [3.05, 3.63) is 35.4 Å². The molecule has 0 aliphatic heterocycles. The van der Waals surface area contributed by atoms with Crippen LogP contribution in [-0.2, 0) is 26.2 Å². The van der Waals surface area contributed by atoms with Crippen molar-refractivity contribution in [3.8, 4) is 6.07 Å². The number of nitrogens with one attached hydrogen (secondary N) is 1. The zero-order valence-electron chi connectivity index (χ0n) is 16.6. The number of nitriles is 1. The summed E-state index contributed by atoms with van der Waals surface area (Å²) in [6.07, 6.45) is 5.08. The van der Waals surface area contributed by atoms with E-state index in [9.17, 15) is 14.9 Å². The smallest absolute Gasteiger partial charge is 0.306 e. The van der Waals surface area contributed by atoms with Crippen molar-refractivity contribution >= 4 is 11.9 Å². The molecule has 1 aliphatic rings. The fourth-order valence-electron chi connectivity index (χ4n) is 3.36. The molecule has 1 N–H and O–H groups in total. The molecule has 0 atom stereocenters. The van der Waals surface area contributed by atoms with Gasteiger partial charge in [0.2, 0.25) is 0 Å². The third-order valence-electron chi connectivity index (χ3n) is 5.10. The second-order valence-corrected chi connectivity index (χ2v) is 8.41. The number of hydrogen-bond acceptors (Lipinski definition) is 4. The van der Waals surface area contributed by atoms with Crippen LogP contribution in [0, 0.1) is 11.3 Å². The minimum atomic E-state index is -0.795. The Balaban J connectivity index is 1.74. The van der Waals surface area contributed by atoms with E-state index >= 15 is 0 Å². The summed E-state index contributed by atoms with van der Waals surface area (Å²) in [4.78, 5) is 24.0. The molecule has 0 aromatic heterocycles. The average molecular weight is 370 g/mol. The summed E-state index contributed by atoms with van der Waals surface area (Å²) in [5.41, 5.74) is 1.62. The molecule has 1 saturated carbocycles. The summed E-state index contributed by atoms with van der Waals surface area (Å²) in [7, 11) is 0. The van der Waals surface area contributed by atoms with Gasteiger partial charge in [0.15, 0.2) is 6.61 Å². The molecule has 5 nitrogen and oxygen atoms in total. The number of nitrogens with zero attached hydrogens (tertiary/aromatic N) is 1. The summed E-state index contributed by atoms with van der Waals surface area (Å²) in [6, 6.07) is 10.4. The van der Waals surface area contributed by atoms with Gasteiger partial charge in [0.1, 0.15) is 5.54 Å². The highest BCUT2D eigenvalue weighted by molar-refractivity contribution is 5.81. The van der Waals surface area contributed by atoms with Crippen LogP contribution in [0.3, 0.4) is 0 Å². The van der Waals surface area contributed by atoms with E-state index in [4.69, 9.17) is 4.74 Å². The molecular weight excluding hydrogens is 340 g/mol. The zero-order chi connectivity index (χ0) is 19.9. The number of rotatable bonds is 6. The Hall–Kier alpha value is -2.35. The number of amides is 1. The van der Waals surface area contributed by atoms with Gasteiger partial charge in [-0.1, -0.05) is 64.3 Å². The molecule has 2 rings (SSSR count). The topological polar surface area (TPSA) is 79.2 Å². The maximum Gasteiger partial charge on any atom is 0.306 e. The molecule has 1 amide bonds. The van der Waals surface area contributed by atoms with Crippen LogP contribution < -0.4 is 5.32 Å². The minimum absolute atomic E-state index is 0.101. The molecule has 1 aromatic rings. The Morgan fingerprint density at radius 1 is 1.15 bits per heavy atom. The van der Waals surface area contributed by atoms with E-state index in [2.05, 4.69) is 44.3 Å². The minimum Gasteiger partial charge on any atom is -0.456 e. The van der Waals surface area contributed by atoms with Crippen molar-refractivity contribution in [2.45, 2.75) is 76.7 Å². The molecule has 27 heavy (non-hydrogen) atoms. The summed E-state index contributed by atoms with van der Waals surface area (Å²) >= 11 is 0. The van der Waals surface area contributed by atoms with Crippen molar-refractivity contribution in [2.75, 3.05) is 6.61 Å². The van der Waals surface area contributed by atoms with Crippen LogP contribution in [0.25, 0.3) is 0 Å². The van der Waals surface area contributed by atoms with Crippen LogP contribution in [-0.4, -0.2) is 24.0 Å². The molecule has 0 heterocycles. The van der Waals surface area contributed by atoms with Gasteiger partial charge in [-0.25, -0.2) is 0 Å². The zero-order valence-corrected chi connectivity index (χ0v) is 16.6. The Bertz CT molecular complexity index is 690. The molecule has 0 unspecified atom stereocenters. The molecule has 146 valence electrons. The van der Waals surface area contributed by atoms with E-state index in [1.807, 2.05) is 12.1 Å². The van der Waals surface area contributed by atoms with Crippen LogP contribution in [0.2, 0.25) is 0 Å². The third-order valence-corrected chi connectivity index (χ3v) is 5.10. The molecule has 0 radical (unpaired) electrons. The van der Waals surface area contributed by atoms with Gasteiger partial charge in [0.25, 0.3) is 5.91 Å². The summed E-state index contributed by atoms with van der Waals surface area (Å²) in [5, 5.41) is 12.1. The number of aryl methyl sites for hydroxylation is 1. The lowest BCUT2D eigenvalue weighted by Crippen LogP contribution is -2.50. The predicted molar refractivity (Wildman–Crippen MR) is 104 cm³/mol. The van der Waals surface area contributed by atoms with E-state index in [-0.39, 0.29) is 18.4 Å². The quantitative estimate of drug-likeness (QED) is 0.773. The monoisotopic (exact) mass is 370 g/mol. The Morgan fingerprint density at radius 3 is 2.33 bits per heavy atom. The molecule has 0 bridgehead atoms. The van der Waals surface area contributed by atoms with E-state index in [0.29, 0.717) is 19.3 Å². The van der Waals surface area contributed by atoms with Gasteiger partial charge in [0, 0.05) is 6.42 Å². The standard InChI is InChI=1S/C22H30N2O3/c1-21(2,3)18-10-7-17(8-11-18)9-12-20(26)27-15-19(25)24-22(16-23)13-5-4-6-14-22/h7-8,10-11H,4-6,9,12-15H2,1-3H3,(H,24,25). The van der Waals surface area contributed by atoms with Crippen molar-refractivity contribution in [3.63, 3.8) is 0 Å². The maximum absolute atomic E-state index is 12.0.